The smallest absolute Gasteiger partial charge is 0.376 e. The molecule has 1 fully saturated rings. The molecule has 2 aliphatic rings. The van der Waals surface area contributed by atoms with Crippen molar-refractivity contribution in [3.8, 4) is 0 Å². The van der Waals surface area contributed by atoms with Crippen LogP contribution < -0.4 is 5.32 Å². The molecule has 2 atom stereocenters. The lowest BCUT2D eigenvalue weighted by Crippen LogP contribution is -2.63. The Labute approximate surface area is 214 Å². The molecule has 1 aliphatic carbocycles. The molecule has 0 amide bonds. The number of allylic oxidation sites excluding steroid dienone is 4. The first-order valence-corrected chi connectivity index (χ1v) is 14.6. The summed E-state index contributed by atoms with van der Waals surface area (Å²) in [6.07, 6.45) is 1.13. The molecule has 36 heavy (non-hydrogen) atoms. The number of sulfonamides is 2. The maximum atomic E-state index is 13.5. The number of halogens is 3. The molecule has 2 N–H and O–H groups in total. The van der Waals surface area contributed by atoms with Crippen molar-refractivity contribution < 1.29 is 35.1 Å². The van der Waals surface area contributed by atoms with E-state index in [0.29, 0.717) is 18.9 Å². The van der Waals surface area contributed by atoms with E-state index in [1.165, 1.54) is 29.6 Å². The van der Waals surface area contributed by atoms with Gasteiger partial charge in [-0.3, -0.25) is 0 Å². The van der Waals surface area contributed by atoms with Gasteiger partial charge in [0.1, 0.15) is 0 Å². The highest BCUT2D eigenvalue weighted by molar-refractivity contribution is 7.96. The lowest BCUT2D eigenvalue weighted by molar-refractivity contribution is -0.258. The molecule has 1 aromatic carbocycles. The number of hydrogen-bond donors (Lipinski definition) is 2. The first-order chi connectivity index (χ1) is 16.4. The Morgan fingerprint density at radius 3 is 2.33 bits per heavy atom. The van der Waals surface area contributed by atoms with Crippen LogP contribution >= 0.6 is 12.2 Å². The van der Waals surface area contributed by atoms with Crippen molar-refractivity contribution in [2.75, 3.05) is 39.5 Å². The standard InChI is InChI=1S/C22H28F3N3O5S3/c1-20(29,22(23,24)25)16-8-10-17(11-9-16)21(14-27(2)35(3,30)31)15-28(13-12-26-21)36(32,33)19-7-5-4-6-18(19)34/h4-5,7-11,26,29H,6,12-15H2,1-3H3/t20?,21-/m0/s1. The average molecular weight is 568 g/mol. The van der Waals surface area contributed by atoms with Crippen LogP contribution in [0.5, 0.6) is 0 Å². The van der Waals surface area contributed by atoms with Gasteiger partial charge in [0.05, 0.1) is 16.7 Å². The minimum absolute atomic E-state index is 0.0103. The highest BCUT2D eigenvalue weighted by Crippen LogP contribution is 2.39. The number of nitrogens with zero attached hydrogens (tertiary/aromatic N) is 2. The summed E-state index contributed by atoms with van der Waals surface area (Å²) in [5.41, 5.74) is -4.44. The van der Waals surface area contributed by atoms with Crippen molar-refractivity contribution >= 4 is 37.1 Å². The normalized spacial score (nSPS) is 24.0. The van der Waals surface area contributed by atoms with Crippen LogP contribution in [0, 0.1) is 0 Å². The highest BCUT2D eigenvalue weighted by atomic mass is 32.2. The molecular formula is C22H28F3N3O5S3. The molecule has 1 saturated heterocycles. The number of thiocarbonyl (C=S) groups is 1. The molecule has 1 aliphatic heterocycles. The van der Waals surface area contributed by atoms with Gasteiger partial charge in [0.25, 0.3) is 0 Å². The van der Waals surface area contributed by atoms with Crippen LogP contribution in [0.2, 0.25) is 0 Å². The quantitative estimate of drug-likeness (QED) is 0.486. The zero-order valence-electron chi connectivity index (χ0n) is 19.9. The second kappa shape index (κ2) is 9.89. The number of hydrogen-bond acceptors (Lipinski definition) is 7. The number of likely N-dealkylation sites (N-methyl/N-ethyl adjacent to an activating group) is 1. The van der Waals surface area contributed by atoms with E-state index in [2.05, 4.69) is 5.32 Å². The summed E-state index contributed by atoms with van der Waals surface area (Å²) in [6, 6.07) is 4.87. The van der Waals surface area contributed by atoms with Crippen LogP contribution in [-0.2, 0) is 31.2 Å². The molecule has 14 heteroatoms. The van der Waals surface area contributed by atoms with Crippen molar-refractivity contribution in [1.82, 2.24) is 13.9 Å². The topological polar surface area (TPSA) is 107 Å². The van der Waals surface area contributed by atoms with Crippen LogP contribution in [0.3, 0.4) is 0 Å². The molecule has 8 nitrogen and oxygen atoms in total. The zero-order valence-corrected chi connectivity index (χ0v) is 22.4. The Morgan fingerprint density at radius 1 is 1.19 bits per heavy atom. The largest absolute Gasteiger partial charge is 0.421 e. The monoisotopic (exact) mass is 567 g/mol. The van der Waals surface area contributed by atoms with E-state index in [9.17, 15) is 35.1 Å². The Hall–Kier alpha value is -1.68. The van der Waals surface area contributed by atoms with Gasteiger partial charge in [-0.05, 0) is 24.1 Å². The zero-order chi connectivity index (χ0) is 27.2. The molecule has 1 heterocycles. The van der Waals surface area contributed by atoms with Crippen molar-refractivity contribution in [3.05, 3.63) is 58.5 Å². The summed E-state index contributed by atoms with van der Waals surface area (Å²) >= 11 is 5.25. The predicted octanol–water partition coefficient (Wildman–Crippen LogP) is 1.99. The Morgan fingerprint density at radius 2 is 1.81 bits per heavy atom. The number of rotatable bonds is 7. The molecule has 1 unspecified atom stereocenters. The molecule has 3 rings (SSSR count). The maximum absolute atomic E-state index is 13.5. The second-order valence-electron chi connectivity index (χ2n) is 9.10. The third-order valence-electron chi connectivity index (χ3n) is 6.46. The van der Waals surface area contributed by atoms with Crippen LogP contribution in [-0.4, -0.2) is 81.1 Å². The molecule has 0 bridgehead atoms. The molecule has 0 radical (unpaired) electrons. The van der Waals surface area contributed by atoms with E-state index >= 15 is 0 Å². The van der Waals surface area contributed by atoms with Crippen LogP contribution in [0.15, 0.2) is 47.4 Å². The maximum Gasteiger partial charge on any atom is 0.421 e. The molecule has 0 aromatic heterocycles. The van der Waals surface area contributed by atoms with E-state index in [4.69, 9.17) is 12.2 Å². The third-order valence-corrected chi connectivity index (χ3v) is 10.2. The minimum Gasteiger partial charge on any atom is -0.376 e. The first kappa shape index (κ1) is 28.9. The van der Waals surface area contributed by atoms with Gasteiger partial charge < -0.3 is 10.4 Å². The van der Waals surface area contributed by atoms with E-state index in [0.717, 1.165) is 22.7 Å². The highest BCUT2D eigenvalue weighted by Gasteiger charge is 2.51. The number of benzene rings is 1. The van der Waals surface area contributed by atoms with Crippen molar-refractivity contribution in [2.24, 2.45) is 0 Å². The molecule has 1 aromatic rings. The lowest BCUT2D eigenvalue weighted by Gasteiger charge is -2.45. The van der Waals surface area contributed by atoms with Gasteiger partial charge in [0.15, 0.2) is 5.60 Å². The van der Waals surface area contributed by atoms with E-state index in [1.807, 2.05) is 0 Å². The summed E-state index contributed by atoms with van der Waals surface area (Å²) in [5.74, 6) is 0. The third kappa shape index (κ3) is 5.59. The second-order valence-corrected chi connectivity index (χ2v) is 13.6. The number of nitrogens with one attached hydrogen (secondary N) is 1. The predicted molar refractivity (Wildman–Crippen MR) is 134 cm³/mol. The van der Waals surface area contributed by atoms with Gasteiger partial charge in [-0.2, -0.15) is 17.5 Å². The van der Waals surface area contributed by atoms with Crippen LogP contribution in [0.25, 0.3) is 0 Å². The number of aliphatic hydroxyl groups is 1. The summed E-state index contributed by atoms with van der Waals surface area (Å²) in [5, 5.41) is 13.2. The molecule has 200 valence electrons. The van der Waals surface area contributed by atoms with Gasteiger partial charge in [-0.1, -0.05) is 48.6 Å². The van der Waals surface area contributed by atoms with Gasteiger partial charge >= 0.3 is 6.18 Å². The summed E-state index contributed by atoms with van der Waals surface area (Å²) in [6.45, 7) is 0.466. The number of alkyl halides is 3. The van der Waals surface area contributed by atoms with Gasteiger partial charge in [-0.25, -0.2) is 21.1 Å². The van der Waals surface area contributed by atoms with E-state index in [1.54, 1.807) is 12.2 Å². The number of piperazine rings is 1. The van der Waals surface area contributed by atoms with Crippen LogP contribution in [0.1, 0.15) is 24.5 Å². The Balaban J connectivity index is 2.06. The minimum atomic E-state index is -4.92. The van der Waals surface area contributed by atoms with Gasteiger partial charge in [0, 0.05) is 44.5 Å². The van der Waals surface area contributed by atoms with E-state index < -0.39 is 42.9 Å². The summed E-state index contributed by atoms with van der Waals surface area (Å²) < 4.78 is 93.6. The van der Waals surface area contributed by atoms with Gasteiger partial charge in [-0.15, -0.1) is 0 Å². The lowest BCUT2D eigenvalue weighted by atomic mass is 9.85. The van der Waals surface area contributed by atoms with Crippen molar-refractivity contribution in [1.29, 1.82) is 0 Å². The SMILES string of the molecule is CN(C[C@@]1(c2ccc(C(C)(O)C(F)(F)F)cc2)CN(S(=O)(=O)C2=CC=CCC2=S)CCN1)S(C)(=O)=O. The van der Waals surface area contributed by atoms with Crippen molar-refractivity contribution in [3.63, 3.8) is 0 Å². The average Bonchev–Trinajstić information content (AvgIpc) is 2.78. The van der Waals surface area contributed by atoms with Gasteiger partial charge in [0.2, 0.25) is 20.0 Å². The fourth-order valence-corrected chi connectivity index (χ4v) is 6.68. The Bertz CT molecular complexity index is 1290. The van der Waals surface area contributed by atoms with E-state index in [-0.39, 0.29) is 35.9 Å². The van der Waals surface area contributed by atoms with Crippen LogP contribution in [0.4, 0.5) is 13.2 Å². The van der Waals surface area contributed by atoms with Crippen molar-refractivity contribution in [2.45, 2.75) is 30.7 Å². The molecular weight excluding hydrogens is 539 g/mol. The fraction of sp³-hybridized carbons (Fsp3) is 0.500. The summed E-state index contributed by atoms with van der Waals surface area (Å²) in [4.78, 5) is 0.248. The molecule has 0 saturated carbocycles. The first-order valence-electron chi connectivity index (χ1n) is 10.9. The fourth-order valence-electron chi connectivity index (χ4n) is 4.12. The molecule has 0 spiro atoms. The summed E-state index contributed by atoms with van der Waals surface area (Å²) in [7, 11) is -6.38. The Kier molecular flexibility index (Phi) is 7.94.